The molecule has 3 rings (SSSR count). The van der Waals surface area contributed by atoms with Crippen LogP contribution in [0.25, 0.3) is 0 Å². The number of alkyl halides is 6. The van der Waals surface area contributed by atoms with Gasteiger partial charge >= 0.3 is 12.4 Å². The zero-order valence-corrected chi connectivity index (χ0v) is 18.5. The van der Waals surface area contributed by atoms with Gasteiger partial charge in [0, 0.05) is 19.6 Å². The molecular weight excluding hydrogens is 480 g/mol. The molecule has 1 aliphatic heterocycles. The lowest BCUT2D eigenvalue weighted by Gasteiger charge is -2.43. The molecule has 0 aliphatic carbocycles. The lowest BCUT2D eigenvalue weighted by atomic mass is 10.0. The largest absolute Gasteiger partial charge is 0.416 e. The van der Waals surface area contributed by atoms with Crippen molar-refractivity contribution in [2.45, 2.75) is 37.5 Å². The van der Waals surface area contributed by atoms with Crippen LogP contribution in [0, 0.1) is 0 Å². The van der Waals surface area contributed by atoms with Crippen LogP contribution in [-0.4, -0.2) is 49.9 Å². The standard InChI is InChI=1S/C23H25F6N3O3/c24-22(25,26)17-10-15(11-18(12-17)23(27,28)29)14-35-21-20(16-4-2-1-3-5-16)32(8-9-34-21)19(13-33)31-7-6-30/h1-5,10-13,19-21,31H,6-9,14,30H2. The number of aldehydes is 1. The van der Waals surface area contributed by atoms with Crippen LogP contribution >= 0.6 is 0 Å². The molecule has 0 spiro atoms. The number of hydrogen-bond donors (Lipinski definition) is 2. The Morgan fingerprint density at radius 2 is 1.71 bits per heavy atom. The summed E-state index contributed by atoms with van der Waals surface area (Å²) in [5.41, 5.74) is 3.05. The van der Waals surface area contributed by atoms with E-state index in [1.165, 1.54) is 0 Å². The van der Waals surface area contributed by atoms with Crippen molar-refractivity contribution in [3.63, 3.8) is 0 Å². The topological polar surface area (TPSA) is 76.8 Å². The summed E-state index contributed by atoms with van der Waals surface area (Å²) in [7, 11) is 0. The van der Waals surface area contributed by atoms with Crippen LogP contribution in [0.2, 0.25) is 0 Å². The first-order chi connectivity index (χ1) is 16.5. The number of morpholine rings is 1. The Kier molecular flexibility index (Phi) is 8.89. The predicted molar refractivity (Wildman–Crippen MR) is 114 cm³/mol. The molecule has 1 fully saturated rings. The average molecular weight is 505 g/mol. The second-order valence-corrected chi connectivity index (χ2v) is 7.88. The molecule has 1 saturated heterocycles. The number of halogens is 6. The summed E-state index contributed by atoms with van der Waals surface area (Å²) in [6.45, 7) is 0.498. The first-order valence-electron chi connectivity index (χ1n) is 10.8. The molecule has 3 unspecified atom stereocenters. The second-order valence-electron chi connectivity index (χ2n) is 7.88. The van der Waals surface area contributed by atoms with Crippen LogP contribution in [0.3, 0.4) is 0 Å². The first-order valence-corrected chi connectivity index (χ1v) is 10.8. The molecule has 0 aromatic heterocycles. The number of carbonyl (C=O) groups excluding carboxylic acids is 1. The number of nitrogens with one attached hydrogen (secondary N) is 1. The van der Waals surface area contributed by atoms with Gasteiger partial charge < -0.3 is 20.0 Å². The fourth-order valence-electron chi connectivity index (χ4n) is 3.87. The number of ether oxygens (including phenoxy) is 2. The highest BCUT2D eigenvalue weighted by Gasteiger charge is 2.39. The molecule has 0 bridgehead atoms. The molecule has 192 valence electrons. The highest BCUT2D eigenvalue weighted by Crippen LogP contribution is 2.37. The third kappa shape index (κ3) is 7.01. The molecular formula is C23H25F6N3O3. The van der Waals surface area contributed by atoms with Crippen molar-refractivity contribution in [1.82, 2.24) is 10.2 Å². The quantitative estimate of drug-likeness (QED) is 0.400. The summed E-state index contributed by atoms with van der Waals surface area (Å²) in [5.74, 6) is 0. The fourth-order valence-corrected chi connectivity index (χ4v) is 3.87. The molecule has 0 amide bonds. The van der Waals surface area contributed by atoms with E-state index < -0.39 is 48.6 Å². The second kappa shape index (κ2) is 11.5. The van der Waals surface area contributed by atoms with Gasteiger partial charge in [-0.25, -0.2) is 0 Å². The van der Waals surface area contributed by atoms with Gasteiger partial charge in [0.2, 0.25) is 0 Å². The molecule has 6 nitrogen and oxygen atoms in total. The zero-order chi connectivity index (χ0) is 25.6. The molecule has 0 saturated carbocycles. The minimum Gasteiger partial charge on any atom is -0.349 e. The van der Waals surface area contributed by atoms with Crippen molar-refractivity contribution in [1.29, 1.82) is 0 Å². The predicted octanol–water partition coefficient (Wildman–Crippen LogP) is 3.71. The van der Waals surface area contributed by atoms with Crippen LogP contribution in [0.1, 0.15) is 28.3 Å². The summed E-state index contributed by atoms with van der Waals surface area (Å²) in [6.07, 6.45) is -11.1. The number of carbonyl (C=O) groups is 1. The molecule has 2 aromatic rings. The molecule has 0 radical (unpaired) electrons. The number of rotatable bonds is 9. The van der Waals surface area contributed by atoms with E-state index in [2.05, 4.69) is 5.32 Å². The van der Waals surface area contributed by atoms with Crippen molar-refractivity contribution < 1.29 is 40.6 Å². The van der Waals surface area contributed by atoms with E-state index in [1.54, 1.807) is 35.2 Å². The normalized spacial score (nSPS) is 20.5. The van der Waals surface area contributed by atoms with E-state index in [9.17, 15) is 31.1 Å². The van der Waals surface area contributed by atoms with Gasteiger partial charge in [0.25, 0.3) is 0 Å². The Bertz CT molecular complexity index is 939. The highest BCUT2D eigenvalue weighted by atomic mass is 19.4. The molecule has 35 heavy (non-hydrogen) atoms. The maximum atomic E-state index is 13.2. The van der Waals surface area contributed by atoms with Gasteiger partial charge in [-0.2, -0.15) is 26.3 Å². The summed E-state index contributed by atoms with van der Waals surface area (Å²) in [5, 5.41) is 3.00. The molecule has 3 atom stereocenters. The van der Waals surface area contributed by atoms with E-state index in [0.29, 0.717) is 37.1 Å². The minimum atomic E-state index is -4.97. The van der Waals surface area contributed by atoms with Crippen molar-refractivity contribution in [2.75, 3.05) is 26.2 Å². The molecule has 1 aliphatic rings. The number of hydrogen-bond acceptors (Lipinski definition) is 6. The number of nitrogens with zero attached hydrogens (tertiary/aromatic N) is 1. The van der Waals surface area contributed by atoms with Crippen molar-refractivity contribution in [3.8, 4) is 0 Å². The van der Waals surface area contributed by atoms with Crippen LogP contribution < -0.4 is 11.1 Å². The Labute approximate surface area is 198 Å². The first kappa shape index (κ1) is 27.1. The van der Waals surface area contributed by atoms with Crippen LogP contribution in [0.15, 0.2) is 48.5 Å². The maximum absolute atomic E-state index is 13.2. The fraction of sp³-hybridized carbons (Fsp3) is 0.435. The number of benzene rings is 2. The van der Waals surface area contributed by atoms with E-state index in [0.717, 1.165) is 0 Å². The van der Waals surface area contributed by atoms with Gasteiger partial charge in [-0.1, -0.05) is 30.3 Å². The Morgan fingerprint density at radius 3 is 2.26 bits per heavy atom. The van der Waals surface area contributed by atoms with E-state index >= 15 is 0 Å². The van der Waals surface area contributed by atoms with E-state index in [4.69, 9.17) is 15.2 Å². The van der Waals surface area contributed by atoms with Crippen molar-refractivity contribution >= 4 is 6.29 Å². The van der Waals surface area contributed by atoms with Gasteiger partial charge in [0.15, 0.2) is 12.6 Å². The Morgan fingerprint density at radius 1 is 1.09 bits per heavy atom. The lowest BCUT2D eigenvalue weighted by molar-refractivity contribution is -0.222. The zero-order valence-electron chi connectivity index (χ0n) is 18.5. The number of nitrogens with two attached hydrogens (primary N) is 1. The monoisotopic (exact) mass is 505 g/mol. The smallest absolute Gasteiger partial charge is 0.349 e. The van der Waals surface area contributed by atoms with Gasteiger partial charge in [0.1, 0.15) is 6.17 Å². The molecule has 3 N–H and O–H groups in total. The van der Waals surface area contributed by atoms with Crippen molar-refractivity contribution in [3.05, 3.63) is 70.8 Å². The maximum Gasteiger partial charge on any atom is 0.416 e. The Hall–Kier alpha value is -2.51. The summed E-state index contributed by atoms with van der Waals surface area (Å²) >= 11 is 0. The van der Waals surface area contributed by atoms with Crippen LogP contribution in [0.5, 0.6) is 0 Å². The average Bonchev–Trinajstić information content (AvgIpc) is 2.82. The summed E-state index contributed by atoms with van der Waals surface area (Å²) < 4.78 is 90.7. The van der Waals surface area contributed by atoms with Gasteiger partial charge in [-0.05, 0) is 29.3 Å². The SMILES string of the molecule is NCCNC(C=O)N1CCOC(OCc2cc(C(F)(F)F)cc(C(F)(F)F)c2)C1c1ccccc1. The lowest BCUT2D eigenvalue weighted by Crippen LogP contribution is -2.56. The van der Waals surface area contributed by atoms with E-state index in [1.807, 2.05) is 0 Å². The summed E-state index contributed by atoms with van der Waals surface area (Å²) in [4.78, 5) is 13.6. The summed E-state index contributed by atoms with van der Waals surface area (Å²) in [6, 6.07) is 9.44. The van der Waals surface area contributed by atoms with Gasteiger partial charge in [0.05, 0.1) is 30.4 Å². The van der Waals surface area contributed by atoms with Crippen LogP contribution in [0.4, 0.5) is 26.3 Å². The third-order valence-corrected chi connectivity index (χ3v) is 5.43. The minimum absolute atomic E-state index is 0.0624. The van der Waals surface area contributed by atoms with Gasteiger partial charge in [-0.3, -0.25) is 10.2 Å². The molecule has 12 heteroatoms. The third-order valence-electron chi connectivity index (χ3n) is 5.43. The van der Waals surface area contributed by atoms with E-state index in [-0.39, 0.29) is 24.8 Å². The van der Waals surface area contributed by atoms with Crippen LogP contribution in [-0.2, 0) is 33.2 Å². The Balaban J connectivity index is 1.90. The molecule has 1 heterocycles. The van der Waals surface area contributed by atoms with Crippen molar-refractivity contribution in [2.24, 2.45) is 5.73 Å². The molecule has 2 aromatic carbocycles. The van der Waals surface area contributed by atoms with Gasteiger partial charge in [-0.15, -0.1) is 0 Å². The highest BCUT2D eigenvalue weighted by molar-refractivity contribution is 5.57.